The fourth-order valence-electron chi connectivity index (χ4n) is 1.87. The first-order valence-electron chi connectivity index (χ1n) is 4.75. The molecule has 0 aromatic rings. The summed E-state index contributed by atoms with van der Waals surface area (Å²) in [4.78, 5) is 0. The van der Waals surface area contributed by atoms with Gasteiger partial charge in [-0.1, -0.05) is 12.2 Å². The van der Waals surface area contributed by atoms with Crippen molar-refractivity contribution in [3.8, 4) is 0 Å². The van der Waals surface area contributed by atoms with Crippen LogP contribution in [0.15, 0.2) is 12.2 Å². The molecule has 0 aromatic carbocycles. The summed E-state index contributed by atoms with van der Waals surface area (Å²) in [6.07, 6.45) is 7.86. The van der Waals surface area contributed by atoms with Crippen molar-refractivity contribution in [2.75, 3.05) is 13.7 Å². The molecule has 2 aliphatic carbocycles. The molecule has 13 heavy (non-hydrogen) atoms. The second-order valence-electron chi connectivity index (χ2n) is 3.65. The Morgan fingerprint density at radius 1 is 1.31 bits per heavy atom. The van der Waals surface area contributed by atoms with Gasteiger partial charge in [0.15, 0.2) is 6.29 Å². The first kappa shape index (κ1) is 10.7. The summed E-state index contributed by atoms with van der Waals surface area (Å²) in [5.74, 6) is 1.98. The van der Waals surface area contributed by atoms with E-state index in [0.29, 0.717) is 0 Å². The van der Waals surface area contributed by atoms with Gasteiger partial charge in [-0.25, -0.2) is 0 Å². The molecule has 2 atom stereocenters. The molecule has 1 fully saturated rings. The molecule has 1 saturated carbocycles. The minimum atomic E-state index is -1.32. The minimum absolute atomic E-state index is 0.0139. The number of hydrogen-bond acceptors (Lipinski definition) is 3. The topological polar surface area (TPSA) is 49.7 Å². The Balaban J connectivity index is 0.000000133. The van der Waals surface area contributed by atoms with E-state index in [1.165, 1.54) is 26.4 Å². The van der Waals surface area contributed by atoms with E-state index in [1.54, 1.807) is 0 Å². The minimum Gasteiger partial charge on any atom is -0.379 e. The summed E-state index contributed by atoms with van der Waals surface area (Å²) >= 11 is 0. The van der Waals surface area contributed by atoms with Crippen LogP contribution in [0.3, 0.4) is 0 Å². The lowest BCUT2D eigenvalue weighted by molar-refractivity contribution is -0.0849. The van der Waals surface area contributed by atoms with E-state index in [1.807, 2.05) is 0 Å². The van der Waals surface area contributed by atoms with Gasteiger partial charge in [0.1, 0.15) is 0 Å². The maximum absolute atomic E-state index is 7.98. The van der Waals surface area contributed by atoms with Crippen molar-refractivity contribution in [3.63, 3.8) is 0 Å². The van der Waals surface area contributed by atoms with Gasteiger partial charge >= 0.3 is 0 Å². The molecule has 0 amide bonds. The maximum Gasteiger partial charge on any atom is 0.175 e. The lowest BCUT2D eigenvalue weighted by Crippen LogP contribution is -2.11. The normalized spacial score (nSPS) is 29.2. The van der Waals surface area contributed by atoms with Crippen molar-refractivity contribution in [1.82, 2.24) is 0 Å². The van der Waals surface area contributed by atoms with Crippen LogP contribution in [0.4, 0.5) is 0 Å². The summed E-state index contributed by atoms with van der Waals surface area (Å²) in [6, 6.07) is 0. The van der Waals surface area contributed by atoms with Gasteiger partial charge in [0.25, 0.3) is 0 Å². The summed E-state index contributed by atoms with van der Waals surface area (Å²) in [5.41, 5.74) is 0. The van der Waals surface area contributed by atoms with Crippen LogP contribution in [0, 0.1) is 11.8 Å². The molecule has 0 aliphatic heterocycles. The predicted molar refractivity (Wildman–Crippen MR) is 50.1 cm³/mol. The monoisotopic (exact) mass is 186 g/mol. The largest absolute Gasteiger partial charge is 0.379 e. The molecule has 2 aliphatic rings. The van der Waals surface area contributed by atoms with Gasteiger partial charge in [-0.3, -0.25) is 0 Å². The first-order chi connectivity index (χ1) is 6.22. The maximum atomic E-state index is 7.98. The molecular weight excluding hydrogens is 168 g/mol. The van der Waals surface area contributed by atoms with Gasteiger partial charge in [-0.05, 0) is 31.1 Å². The smallest absolute Gasteiger partial charge is 0.175 e. The van der Waals surface area contributed by atoms with Gasteiger partial charge in [-0.15, -0.1) is 0 Å². The Hall–Kier alpha value is -0.380. The highest BCUT2D eigenvalue weighted by Gasteiger charge is 2.25. The molecule has 2 rings (SSSR count). The molecule has 2 N–H and O–H groups in total. The highest BCUT2D eigenvalue weighted by molar-refractivity contribution is 5.06. The lowest BCUT2D eigenvalue weighted by atomic mass is 10.1. The van der Waals surface area contributed by atoms with Crippen LogP contribution in [-0.2, 0) is 4.74 Å². The van der Waals surface area contributed by atoms with Crippen LogP contribution in [0.1, 0.15) is 19.3 Å². The molecule has 0 aromatic heterocycles. The molecule has 0 radical (unpaired) electrons. The molecule has 3 heteroatoms. The molecule has 2 bridgehead atoms. The quantitative estimate of drug-likeness (QED) is 0.498. The molecule has 0 spiro atoms. The number of methoxy groups -OCH3 is 1. The summed E-state index contributed by atoms with van der Waals surface area (Å²) < 4.78 is 4.30. The summed E-state index contributed by atoms with van der Waals surface area (Å²) in [7, 11) is 1.40. The number of ether oxygens (including phenoxy) is 1. The van der Waals surface area contributed by atoms with Crippen LogP contribution in [0.2, 0.25) is 0 Å². The van der Waals surface area contributed by atoms with Crippen LogP contribution < -0.4 is 0 Å². The SMILES string of the molecule is C1=CC2CCC1C2.COCC(O)O. The summed E-state index contributed by atoms with van der Waals surface area (Å²) in [6.45, 7) is -0.0139. The third kappa shape index (κ3) is 3.89. The van der Waals surface area contributed by atoms with E-state index in [9.17, 15) is 0 Å². The van der Waals surface area contributed by atoms with Crippen LogP contribution in [0.5, 0.6) is 0 Å². The fraction of sp³-hybridized carbons (Fsp3) is 0.800. The van der Waals surface area contributed by atoms with Crippen LogP contribution >= 0.6 is 0 Å². The zero-order valence-electron chi connectivity index (χ0n) is 8.02. The van der Waals surface area contributed by atoms with Crippen molar-refractivity contribution < 1.29 is 14.9 Å². The standard InChI is InChI=1S/C7H10.C3H8O3/c1-2-7-4-3-6(1)5-7;1-6-2-3(4)5/h1-2,6-7H,3-5H2;3-5H,2H2,1H3. The Kier molecular flexibility index (Phi) is 4.42. The number of aliphatic hydroxyl groups excluding tert-OH is 1. The lowest BCUT2D eigenvalue weighted by Gasteiger charge is -1.96. The van der Waals surface area contributed by atoms with Crippen molar-refractivity contribution in [1.29, 1.82) is 0 Å². The zero-order valence-corrected chi connectivity index (χ0v) is 8.02. The van der Waals surface area contributed by atoms with E-state index >= 15 is 0 Å². The molecule has 2 unspecified atom stereocenters. The second kappa shape index (κ2) is 5.37. The first-order valence-corrected chi connectivity index (χ1v) is 4.75. The Bertz CT molecular complexity index is 154. The van der Waals surface area contributed by atoms with E-state index < -0.39 is 6.29 Å². The van der Waals surface area contributed by atoms with Gasteiger partial charge in [0.2, 0.25) is 0 Å². The van der Waals surface area contributed by atoms with Gasteiger partial charge in [0, 0.05) is 7.11 Å². The highest BCUT2D eigenvalue weighted by Crippen LogP contribution is 2.38. The van der Waals surface area contributed by atoms with E-state index in [2.05, 4.69) is 16.9 Å². The molecular formula is C10H18O3. The second-order valence-corrected chi connectivity index (χ2v) is 3.65. The number of allylic oxidation sites excluding steroid dienone is 2. The van der Waals surface area contributed by atoms with Crippen LogP contribution in [-0.4, -0.2) is 30.2 Å². The average molecular weight is 186 g/mol. The van der Waals surface area contributed by atoms with Crippen molar-refractivity contribution in [3.05, 3.63) is 12.2 Å². The number of rotatable bonds is 2. The van der Waals surface area contributed by atoms with Gasteiger partial charge < -0.3 is 14.9 Å². The number of fused-ring (bicyclic) bond motifs is 2. The third-order valence-electron chi connectivity index (χ3n) is 2.48. The van der Waals surface area contributed by atoms with Crippen molar-refractivity contribution in [2.24, 2.45) is 11.8 Å². The van der Waals surface area contributed by atoms with Crippen LogP contribution in [0.25, 0.3) is 0 Å². The number of aliphatic hydroxyl groups is 2. The molecule has 0 saturated heterocycles. The molecule has 3 nitrogen and oxygen atoms in total. The Morgan fingerprint density at radius 2 is 1.85 bits per heavy atom. The van der Waals surface area contributed by atoms with Gasteiger partial charge in [-0.2, -0.15) is 0 Å². The summed E-state index contributed by atoms with van der Waals surface area (Å²) in [5, 5.41) is 16.0. The van der Waals surface area contributed by atoms with E-state index in [0.717, 1.165) is 11.8 Å². The van der Waals surface area contributed by atoms with E-state index in [4.69, 9.17) is 10.2 Å². The third-order valence-corrected chi connectivity index (χ3v) is 2.48. The number of hydrogen-bond donors (Lipinski definition) is 2. The van der Waals surface area contributed by atoms with Crippen molar-refractivity contribution in [2.45, 2.75) is 25.6 Å². The predicted octanol–water partition coefficient (Wildman–Crippen LogP) is 0.916. The Labute approximate surface area is 79.0 Å². The average Bonchev–Trinajstić information content (AvgIpc) is 2.66. The zero-order chi connectivity index (χ0) is 9.68. The molecule has 76 valence electrons. The highest BCUT2D eigenvalue weighted by atomic mass is 16.5. The van der Waals surface area contributed by atoms with Gasteiger partial charge in [0.05, 0.1) is 6.61 Å². The molecule has 0 heterocycles. The fourth-order valence-corrected chi connectivity index (χ4v) is 1.87. The van der Waals surface area contributed by atoms with Crippen molar-refractivity contribution >= 4 is 0 Å². The Morgan fingerprint density at radius 3 is 1.92 bits per heavy atom. The van der Waals surface area contributed by atoms with E-state index in [-0.39, 0.29) is 6.61 Å².